The van der Waals surface area contributed by atoms with Gasteiger partial charge in [-0.25, -0.2) is 0 Å². The highest BCUT2D eigenvalue weighted by Crippen LogP contribution is 2.20. The van der Waals surface area contributed by atoms with Crippen LogP contribution in [0.3, 0.4) is 0 Å². The van der Waals surface area contributed by atoms with Gasteiger partial charge in [0, 0.05) is 11.1 Å². The summed E-state index contributed by atoms with van der Waals surface area (Å²) in [5, 5.41) is 3.75. The van der Waals surface area contributed by atoms with Crippen molar-refractivity contribution < 1.29 is 4.79 Å². The number of halogens is 1. The molecule has 0 saturated heterocycles. The standard InChI is InChI=1S/C20H22ClNO/c1-4-19(17-9-5-14(2)15(3)13-17)22-20(23)12-8-16-6-10-18(21)11-7-16/h5-13,19H,4H2,1-3H3,(H,22,23)/b12-8+/t19-/m0/s1. The predicted octanol–water partition coefficient (Wildman–Crippen LogP) is 5.24. The molecule has 3 heteroatoms. The molecule has 0 aliphatic heterocycles. The van der Waals surface area contributed by atoms with Crippen LogP contribution in [0.25, 0.3) is 6.08 Å². The van der Waals surface area contributed by atoms with Gasteiger partial charge >= 0.3 is 0 Å². The average Bonchev–Trinajstić information content (AvgIpc) is 2.55. The SMILES string of the molecule is CC[C@H](NC(=O)/C=C/c1ccc(Cl)cc1)c1ccc(C)c(C)c1. The molecule has 0 spiro atoms. The monoisotopic (exact) mass is 327 g/mol. The van der Waals surface area contributed by atoms with Crippen LogP contribution in [0.15, 0.2) is 48.5 Å². The van der Waals surface area contributed by atoms with Gasteiger partial charge in [0.05, 0.1) is 6.04 Å². The third-order valence-electron chi connectivity index (χ3n) is 3.96. The molecule has 1 amide bonds. The lowest BCUT2D eigenvalue weighted by Gasteiger charge is -2.17. The van der Waals surface area contributed by atoms with Gasteiger partial charge in [-0.2, -0.15) is 0 Å². The van der Waals surface area contributed by atoms with Gasteiger partial charge in [-0.1, -0.05) is 48.9 Å². The van der Waals surface area contributed by atoms with Gasteiger partial charge < -0.3 is 5.32 Å². The first-order valence-corrected chi connectivity index (χ1v) is 8.18. The summed E-state index contributed by atoms with van der Waals surface area (Å²) in [6.07, 6.45) is 4.20. The molecule has 2 rings (SSSR count). The predicted molar refractivity (Wildman–Crippen MR) is 97.6 cm³/mol. The molecule has 2 aromatic rings. The first-order valence-electron chi connectivity index (χ1n) is 7.81. The molecular formula is C20H22ClNO. The van der Waals surface area contributed by atoms with Crippen molar-refractivity contribution in [1.29, 1.82) is 0 Å². The number of carbonyl (C=O) groups excluding carboxylic acids is 1. The van der Waals surface area contributed by atoms with Crippen molar-refractivity contribution >= 4 is 23.6 Å². The third kappa shape index (κ3) is 4.97. The summed E-state index contributed by atoms with van der Waals surface area (Å²) in [5.74, 6) is -0.0926. The molecule has 2 aromatic carbocycles. The zero-order chi connectivity index (χ0) is 16.8. The Morgan fingerprint density at radius 1 is 1.13 bits per heavy atom. The van der Waals surface area contributed by atoms with Crippen LogP contribution in [0.5, 0.6) is 0 Å². The van der Waals surface area contributed by atoms with E-state index in [4.69, 9.17) is 11.6 Å². The van der Waals surface area contributed by atoms with Crippen LogP contribution >= 0.6 is 11.6 Å². The smallest absolute Gasteiger partial charge is 0.244 e. The van der Waals surface area contributed by atoms with Crippen molar-refractivity contribution in [3.05, 3.63) is 75.8 Å². The third-order valence-corrected chi connectivity index (χ3v) is 4.21. The van der Waals surface area contributed by atoms with E-state index in [2.05, 4.69) is 44.3 Å². The quantitative estimate of drug-likeness (QED) is 0.748. The van der Waals surface area contributed by atoms with Crippen LogP contribution in [0.1, 0.15) is 41.6 Å². The molecule has 120 valence electrons. The number of hydrogen-bond acceptors (Lipinski definition) is 1. The number of aryl methyl sites for hydroxylation is 2. The lowest BCUT2D eigenvalue weighted by atomic mass is 9.99. The highest BCUT2D eigenvalue weighted by molar-refractivity contribution is 6.30. The second-order valence-electron chi connectivity index (χ2n) is 5.70. The second kappa shape index (κ2) is 7.98. The van der Waals surface area contributed by atoms with Crippen LogP contribution < -0.4 is 5.32 Å². The molecule has 0 bridgehead atoms. The highest BCUT2D eigenvalue weighted by Gasteiger charge is 2.11. The van der Waals surface area contributed by atoms with E-state index in [9.17, 15) is 4.79 Å². The Bertz CT molecular complexity index is 704. The van der Waals surface area contributed by atoms with Crippen molar-refractivity contribution in [2.24, 2.45) is 0 Å². The summed E-state index contributed by atoms with van der Waals surface area (Å²) >= 11 is 5.85. The largest absolute Gasteiger partial charge is 0.346 e. The zero-order valence-electron chi connectivity index (χ0n) is 13.8. The molecule has 0 unspecified atom stereocenters. The zero-order valence-corrected chi connectivity index (χ0v) is 14.5. The molecule has 0 radical (unpaired) electrons. The fourth-order valence-corrected chi connectivity index (χ4v) is 2.49. The van der Waals surface area contributed by atoms with Gasteiger partial charge in [-0.05, 0) is 60.7 Å². The summed E-state index contributed by atoms with van der Waals surface area (Å²) in [6.45, 7) is 6.25. The topological polar surface area (TPSA) is 29.1 Å². The minimum absolute atomic E-state index is 0.0247. The Morgan fingerprint density at radius 3 is 2.43 bits per heavy atom. The first-order chi connectivity index (χ1) is 11.0. The van der Waals surface area contributed by atoms with Gasteiger partial charge in [0.2, 0.25) is 5.91 Å². The number of carbonyl (C=O) groups is 1. The number of nitrogens with one attached hydrogen (secondary N) is 1. The normalized spacial score (nSPS) is 12.3. The maximum atomic E-state index is 12.2. The summed E-state index contributed by atoms with van der Waals surface area (Å²) in [7, 11) is 0. The molecule has 0 saturated carbocycles. The number of benzene rings is 2. The van der Waals surface area contributed by atoms with Crippen molar-refractivity contribution in [3.8, 4) is 0 Å². The maximum Gasteiger partial charge on any atom is 0.244 e. The molecular weight excluding hydrogens is 306 g/mol. The molecule has 0 heterocycles. The van der Waals surface area contributed by atoms with Gasteiger partial charge in [0.1, 0.15) is 0 Å². The Kier molecular flexibility index (Phi) is 6.00. The summed E-state index contributed by atoms with van der Waals surface area (Å²) < 4.78 is 0. The molecule has 0 aliphatic carbocycles. The van der Waals surface area contributed by atoms with Crippen molar-refractivity contribution in [3.63, 3.8) is 0 Å². The number of rotatable bonds is 5. The van der Waals surface area contributed by atoms with E-state index in [0.29, 0.717) is 5.02 Å². The minimum Gasteiger partial charge on any atom is -0.346 e. The van der Waals surface area contributed by atoms with E-state index in [1.165, 1.54) is 11.1 Å². The molecule has 0 aliphatic rings. The number of amides is 1. The van der Waals surface area contributed by atoms with E-state index in [-0.39, 0.29) is 11.9 Å². The fraction of sp³-hybridized carbons (Fsp3) is 0.250. The van der Waals surface area contributed by atoms with Crippen LogP contribution in [-0.2, 0) is 4.79 Å². The Balaban J connectivity index is 2.04. The van der Waals surface area contributed by atoms with Crippen molar-refractivity contribution in [2.75, 3.05) is 0 Å². The van der Waals surface area contributed by atoms with Gasteiger partial charge in [0.15, 0.2) is 0 Å². The van der Waals surface area contributed by atoms with Crippen LogP contribution in [0.2, 0.25) is 5.02 Å². The Morgan fingerprint density at radius 2 is 1.83 bits per heavy atom. The van der Waals surface area contributed by atoms with Crippen molar-refractivity contribution in [2.45, 2.75) is 33.2 Å². The van der Waals surface area contributed by atoms with E-state index < -0.39 is 0 Å². The molecule has 1 atom stereocenters. The lowest BCUT2D eigenvalue weighted by molar-refractivity contribution is -0.117. The van der Waals surface area contributed by atoms with E-state index >= 15 is 0 Å². The lowest BCUT2D eigenvalue weighted by Crippen LogP contribution is -2.26. The van der Waals surface area contributed by atoms with E-state index in [0.717, 1.165) is 17.5 Å². The van der Waals surface area contributed by atoms with Crippen LogP contribution in [-0.4, -0.2) is 5.91 Å². The van der Waals surface area contributed by atoms with Crippen LogP contribution in [0, 0.1) is 13.8 Å². The Hall–Kier alpha value is -2.06. The van der Waals surface area contributed by atoms with Gasteiger partial charge in [-0.15, -0.1) is 0 Å². The van der Waals surface area contributed by atoms with Gasteiger partial charge in [0.25, 0.3) is 0 Å². The van der Waals surface area contributed by atoms with Gasteiger partial charge in [-0.3, -0.25) is 4.79 Å². The summed E-state index contributed by atoms with van der Waals surface area (Å²) in [5.41, 5.74) is 4.59. The van der Waals surface area contributed by atoms with Crippen molar-refractivity contribution in [1.82, 2.24) is 5.32 Å². The Labute approximate surface area is 143 Å². The maximum absolute atomic E-state index is 12.2. The second-order valence-corrected chi connectivity index (χ2v) is 6.13. The summed E-state index contributed by atoms with van der Waals surface area (Å²) in [4.78, 5) is 12.2. The average molecular weight is 328 g/mol. The number of hydrogen-bond donors (Lipinski definition) is 1. The fourth-order valence-electron chi connectivity index (χ4n) is 2.37. The summed E-state index contributed by atoms with van der Waals surface area (Å²) in [6, 6.07) is 13.7. The molecule has 1 N–H and O–H groups in total. The highest BCUT2D eigenvalue weighted by atomic mass is 35.5. The van der Waals surface area contributed by atoms with E-state index in [1.54, 1.807) is 12.2 Å². The molecule has 0 aromatic heterocycles. The van der Waals surface area contributed by atoms with E-state index in [1.807, 2.05) is 24.3 Å². The minimum atomic E-state index is -0.0926. The van der Waals surface area contributed by atoms with Crippen LogP contribution in [0.4, 0.5) is 0 Å². The molecule has 2 nitrogen and oxygen atoms in total. The molecule has 23 heavy (non-hydrogen) atoms. The molecule has 0 fully saturated rings. The first kappa shape index (κ1) is 17.3.